The van der Waals surface area contributed by atoms with Crippen LogP contribution in [-0.4, -0.2) is 33.1 Å². The fourth-order valence-corrected chi connectivity index (χ4v) is 3.68. The average Bonchev–Trinajstić information content (AvgIpc) is 2.79. The molecule has 0 saturated carbocycles. The van der Waals surface area contributed by atoms with Crippen molar-refractivity contribution in [1.29, 1.82) is 0 Å². The van der Waals surface area contributed by atoms with Crippen LogP contribution in [0, 0.1) is 13.8 Å². The van der Waals surface area contributed by atoms with Gasteiger partial charge in [0.25, 0.3) is 5.91 Å². The first-order chi connectivity index (χ1) is 16.1. The molecule has 0 aliphatic carbocycles. The number of nitrogens with one attached hydrogen (secondary N) is 2. The highest BCUT2D eigenvalue weighted by Gasteiger charge is 2.12. The SMILES string of the molecule is CCOc1ccc(C(=O)Nc2ccc(NCS(C)(=O)=O)c(OCc3cc(C)ccc3C)c2)cc1. The summed E-state index contributed by atoms with van der Waals surface area (Å²) < 4.78 is 34.8. The van der Waals surface area contributed by atoms with Gasteiger partial charge in [-0.15, -0.1) is 0 Å². The summed E-state index contributed by atoms with van der Waals surface area (Å²) in [7, 11) is -3.24. The Labute approximate surface area is 201 Å². The Morgan fingerprint density at radius 1 is 0.941 bits per heavy atom. The van der Waals surface area contributed by atoms with Crippen molar-refractivity contribution < 1.29 is 22.7 Å². The van der Waals surface area contributed by atoms with E-state index < -0.39 is 9.84 Å². The van der Waals surface area contributed by atoms with Gasteiger partial charge in [-0.3, -0.25) is 4.79 Å². The van der Waals surface area contributed by atoms with E-state index in [0.29, 0.717) is 41.7 Å². The van der Waals surface area contributed by atoms with Crippen LogP contribution in [0.15, 0.2) is 60.7 Å². The fourth-order valence-electron chi connectivity index (χ4n) is 3.26. The van der Waals surface area contributed by atoms with Gasteiger partial charge >= 0.3 is 0 Å². The Morgan fingerprint density at radius 2 is 1.68 bits per heavy atom. The third kappa shape index (κ3) is 7.25. The topological polar surface area (TPSA) is 93.7 Å². The average molecular weight is 483 g/mol. The molecule has 0 unspecified atom stereocenters. The molecular formula is C26H30N2O5S. The van der Waals surface area contributed by atoms with Crippen molar-refractivity contribution in [2.45, 2.75) is 27.4 Å². The van der Waals surface area contributed by atoms with Crippen LogP contribution in [0.1, 0.15) is 34.0 Å². The van der Waals surface area contributed by atoms with E-state index in [0.717, 1.165) is 22.9 Å². The van der Waals surface area contributed by atoms with Gasteiger partial charge in [-0.1, -0.05) is 23.8 Å². The van der Waals surface area contributed by atoms with Crippen LogP contribution >= 0.6 is 0 Å². The molecule has 0 heterocycles. The van der Waals surface area contributed by atoms with Crippen molar-refractivity contribution in [2.75, 3.05) is 29.4 Å². The second-order valence-corrected chi connectivity index (χ2v) is 10.2. The molecule has 0 aliphatic heterocycles. The van der Waals surface area contributed by atoms with Gasteiger partial charge in [-0.2, -0.15) is 0 Å². The fraction of sp³-hybridized carbons (Fsp3) is 0.269. The summed E-state index contributed by atoms with van der Waals surface area (Å²) in [4.78, 5) is 12.7. The molecule has 0 aliphatic rings. The molecule has 7 nitrogen and oxygen atoms in total. The normalized spacial score (nSPS) is 11.1. The number of sulfone groups is 1. The molecular weight excluding hydrogens is 452 g/mol. The first kappa shape index (κ1) is 25.1. The number of aryl methyl sites for hydroxylation is 2. The molecule has 0 radical (unpaired) electrons. The third-order valence-corrected chi connectivity index (χ3v) is 5.75. The van der Waals surface area contributed by atoms with Gasteiger partial charge in [0.05, 0.1) is 12.3 Å². The number of rotatable bonds is 10. The summed E-state index contributed by atoms with van der Waals surface area (Å²) >= 11 is 0. The molecule has 0 spiro atoms. The second kappa shape index (κ2) is 11.1. The number of hydrogen-bond acceptors (Lipinski definition) is 6. The van der Waals surface area contributed by atoms with Crippen molar-refractivity contribution in [2.24, 2.45) is 0 Å². The van der Waals surface area contributed by atoms with Crippen LogP contribution in [0.5, 0.6) is 11.5 Å². The van der Waals surface area contributed by atoms with Crippen molar-refractivity contribution >= 4 is 27.1 Å². The number of carbonyl (C=O) groups is 1. The Morgan fingerprint density at radius 3 is 2.35 bits per heavy atom. The zero-order valence-electron chi connectivity index (χ0n) is 19.8. The van der Waals surface area contributed by atoms with E-state index >= 15 is 0 Å². The highest BCUT2D eigenvalue weighted by molar-refractivity contribution is 7.90. The Bertz CT molecular complexity index is 1250. The predicted molar refractivity (Wildman–Crippen MR) is 136 cm³/mol. The second-order valence-electron chi connectivity index (χ2n) is 8.09. The lowest BCUT2D eigenvalue weighted by atomic mass is 10.1. The summed E-state index contributed by atoms with van der Waals surface area (Å²) in [6, 6.07) is 18.1. The lowest BCUT2D eigenvalue weighted by Gasteiger charge is -2.16. The number of amides is 1. The molecule has 0 atom stereocenters. The molecule has 0 saturated heterocycles. The van der Waals surface area contributed by atoms with Crippen molar-refractivity contribution in [3.05, 3.63) is 82.9 Å². The highest BCUT2D eigenvalue weighted by Crippen LogP contribution is 2.30. The van der Waals surface area contributed by atoms with Crippen molar-refractivity contribution in [3.63, 3.8) is 0 Å². The van der Waals surface area contributed by atoms with E-state index in [-0.39, 0.29) is 11.8 Å². The zero-order chi connectivity index (χ0) is 24.7. The minimum Gasteiger partial charge on any atom is -0.494 e. The first-order valence-corrected chi connectivity index (χ1v) is 13.0. The van der Waals surface area contributed by atoms with Gasteiger partial charge in [0, 0.05) is 23.6 Å². The molecule has 0 bridgehead atoms. The monoisotopic (exact) mass is 482 g/mol. The Hall–Kier alpha value is -3.52. The van der Waals surface area contributed by atoms with E-state index in [9.17, 15) is 13.2 Å². The summed E-state index contributed by atoms with van der Waals surface area (Å²) in [6.07, 6.45) is 1.15. The largest absolute Gasteiger partial charge is 0.494 e. The maximum Gasteiger partial charge on any atom is 0.255 e. The van der Waals surface area contributed by atoms with E-state index in [4.69, 9.17) is 9.47 Å². The first-order valence-electron chi connectivity index (χ1n) is 10.9. The molecule has 3 aromatic carbocycles. The minimum atomic E-state index is -3.24. The quantitative estimate of drug-likeness (QED) is 0.425. The zero-order valence-corrected chi connectivity index (χ0v) is 20.7. The van der Waals surface area contributed by atoms with Gasteiger partial charge in [0.2, 0.25) is 0 Å². The summed E-state index contributed by atoms with van der Waals surface area (Å²) in [5, 5.41) is 5.77. The van der Waals surface area contributed by atoms with Crippen LogP contribution < -0.4 is 20.1 Å². The summed E-state index contributed by atoms with van der Waals surface area (Å²) in [5.74, 6) is 0.627. The van der Waals surface area contributed by atoms with Crippen LogP contribution in [0.25, 0.3) is 0 Å². The minimum absolute atomic E-state index is 0.231. The Kier molecular flexibility index (Phi) is 8.17. The number of benzene rings is 3. The maximum absolute atomic E-state index is 12.7. The maximum atomic E-state index is 12.7. The van der Waals surface area contributed by atoms with Gasteiger partial charge in [-0.25, -0.2) is 8.42 Å². The van der Waals surface area contributed by atoms with E-state index in [2.05, 4.69) is 16.7 Å². The van der Waals surface area contributed by atoms with Gasteiger partial charge in [0.15, 0.2) is 9.84 Å². The molecule has 0 aromatic heterocycles. The molecule has 3 rings (SSSR count). The number of ether oxygens (including phenoxy) is 2. The number of anilines is 2. The van der Waals surface area contributed by atoms with Gasteiger partial charge < -0.3 is 20.1 Å². The molecule has 2 N–H and O–H groups in total. The summed E-state index contributed by atoms with van der Waals surface area (Å²) in [6.45, 7) is 6.77. The molecule has 0 fully saturated rings. The van der Waals surface area contributed by atoms with Crippen LogP contribution in [0.3, 0.4) is 0 Å². The third-order valence-electron chi connectivity index (χ3n) is 5.08. The van der Waals surface area contributed by atoms with Crippen molar-refractivity contribution in [3.8, 4) is 11.5 Å². The molecule has 180 valence electrons. The lowest BCUT2D eigenvalue weighted by Crippen LogP contribution is -2.14. The van der Waals surface area contributed by atoms with Gasteiger partial charge in [-0.05, 0) is 68.3 Å². The van der Waals surface area contributed by atoms with Crippen molar-refractivity contribution in [1.82, 2.24) is 0 Å². The van der Waals surface area contributed by atoms with E-state index in [1.165, 1.54) is 0 Å². The van der Waals surface area contributed by atoms with Crippen LogP contribution in [0.2, 0.25) is 0 Å². The molecule has 34 heavy (non-hydrogen) atoms. The van der Waals surface area contributed by atoms with Crippen LogP contribution in [0.4, 0.5) is 11.4 Å². The molecule has 1 amide bonds. The standard InChI is InChI=1S/C26H30N2O5S/c1-5-32-23-11-8-20(9-12-23)26(29)28-22-10-13-24(27-17-34(4,30)31)25(15-22)33-16-21-14-18(2)6-7-19(21)3/h6-15,27H,5,16-17H2,1-4H3,(H,28,29). The highest BCUT2D eigenvalue weighted by atomic mass is 32.2. The van der Waals surface area contributed by atoms with E-state index in [1.54, 1.807) is 42.5 Å². The number of hydrogen-bond donors (Lipinski definition) is 2. The molecule has 3 aromatic rings. The number of carbonyl (C=O) groups excluding carboxylic acids is 1. The van der Waals surface area contributed by atoms with Crippen LogP contribution in [-0.2, 0) is 16.4 Å². The summed E-state index contributed by atoms with van der Waals surface area (Å²) in [5.41, 5.74) is 4.78. The lowest BCUT2D eigenvalue weighted by molar-refractivity contribution is 0.102. The van der Waals surface area contributed by atoms with E-state index in [1.807, 2.05) is 32.9 Å². The van der Waals surface area contributed by atoms with Gasteiger partial charge in [0.1, 0.15) is 24.0 Å². The smallest absolute Gasteiger partial charge is 0.255 e. The Balaban J connectivity index is 1.81. The predicted octanol–water partition coefficient (Wildman–Crippen LogP) is 4.95. The molecule has 8 heteroatoms.